The van der Waals surface area contributed by atoms with Crippen LogP contribution in [0.25, 0.3) is 0 Å². The topological polar surface area (TPSA) is 53.6 Å². The summed E-state index contributed by atoms with van der Waals surface area (Å²) >= 11 is 5.90. The highest BCUT2D eigenvalue weighted by molar-refractivity contribution is 6.30. The van der Waals surface area contributed by atoms with Crippen LogP contribution in [0.4, 0.5) is 18.0 Å². The molecule has 1 fully saturated rings. The number of nitrogens with zero attached hydrogens (tertiary/aromatic N) is 1. The first kappa shape index (κ1) is 23.9. The fraction of sp³-hybridized carbons (Fsp3) is 0.240. The van der Waals surface area contributed by atoms with Crippen molar-refractivity contribution in [3.63, 3.8) is 0 Å². The minimum absolute atomic E-state index is 0.235. The van der Waals surface area contributed by atoms with Crippen molar-refractivity contribution in [2.24, 2.45) is 0 Å². The molecule has 0 aromatic heterocycles. The van der Waals surface area contributed by atoms with Crippen molar-refractivity contribution < 1.29 is 22.7 Å². The zero-order valence-electron chi connectivity index (χ0n) is 18.3. The molecule has 1 aliphatic heterocycles. The number of carbonyl (C=O) groups excluding carboxylic acids is 1. The number of rotatable bonds is 7. The van der Waals surface area contributed by atoms with Crippen molar-refractivity contribution in [3.8, 4) is 11.5 Å². The van der Waals surface area contributed by atoms with E-state index in [1.807, 2.05) is 24.3 Å². The number of hydrogen-bond acceptors (Lipinski definition) is 3. The van der Waals surface area contributed by atoms with Gasteiger partial charge in [0.2, 0.25) is 0 Å². The van der Waals surface area contributed by atoms with Crippen LogP contribution in [0.1, 0.15) is 28.8 Å². The standard InChI is InChI=1S/C25H23ClF3N3O2/c1-30-22(16-5-9-20(10-6-16)34-21-11-7-19(26)8-12-21)15-32-23(14-31-24(32)33)17-3-2-4-18(13-17)25(27,28)29/h2-13,22-23,30H,14-15H2,1H3,(H,31,33). The summed E-state index contributed by atoms with van der Waals surface area (Å²) in [6.45, 7) is 0.519. The summed E-state index contributed by atoms with van der Waals surface area (Å²) < 4.78 is 45.4. The van der Waals surface area contributed by atoms with Crippen molar-refractivity contribution in [2.75, 3.05) is 20.1 Å². The van der Waals surface area contributed by atoms with E-state index in [1.54, 1.807) is 42.3 Å². The van der Waals surface area contributed by atoms with Gasteiger partial charge in [-0.25, -0.2) is 4.79 Å². The Morgan fingerprint density at radius 3 is 2.35 bits per heavy atom. The van der Waals surface area contributed by atoms with Crippen molar-refractivity contribution in [3.05, 3.63) is 94.5 Å². The van der Waals surface area contributed by atoms with Crippen LogP contribution in [0.15, 0.2) is 72.8 Å². The molecular formula is C25H23ClF3N3O2. The molecule has 1 saturated heterocycles. The quantitative estimate of drug-likeness (QED) is 0.417. The van der Waals surface area contributed by atoms with Gasteiger partial charge in [0.25, 0.3) is 0 Å². The lowest BCUT2D eigenvalue weighted by Gasteiger charge is -2.28. The number of hydrogen-bond donors (Lipinski definition) is 2. The number of amides is 2. The highest BCUT2D eigenvalue weighted by Crippen LogP contribution is 2.34. The molecule has 9 heteroatoms. The molecule has 1 aliphatic rings. The van der Waals surface area contributed by atoms with Crippen LogP contribution in [-0.4, -0.2) is 31.1 Å². The highest BCUT2D eigenvalue weighted by atomic mass is 35.5. The molecule has 178 valence electrons. The fourth-order valence-electron chi connectivity index (χ4n) is 3.93. The molecule has 3 aromatic rings. The molecule has 0 saturated carbocycles. The Morgan fingerprint density at radius 1 is 1.09 bits per heavy atom. The molecule has 2 unspecified atom stereocenters. The molecule has 5 nitrogen and oxygen atoms in total. The zero-order valence-corrected chi connectivity index (χ0v) is 19.0. The second-order valence-electron chi connectivity index (χ2n) is 7.94. The van der Waals surface area contributed by atoms with Crippen LogP contribution in [0.5, 0.6) is 11.5 Å². The Hall–Kier alpha value is -3.23. The number of halogens is 4. The molecule has 2 N–H and O–H groups in total. The fourth-order valence-corrected chi connectivity index (χ4v) is 4.06. The third kappa shape index (κ3) is 5.46. The summed E-state index contributed by atoms with van der Waals surface area (Å²) in [5, 5.41) is 6.56. The summed E-state index contributed by atoms with van der Waals surface area (Å²) in [5.74, 6) is 1.29. The smallest absolute Gasteiger partial charge is 0.416 e. The molecule has 0 spiro atoms. The van der Waals surface area contributed by atoms with E-state index in [-0.39, 0.29) is 25.2 Å². The second kappa shape index (κ2) is 9.95. The van der Waals surface area contributed by atoms with Crippen LogP contribution in [0.3, 0.4) is 0 Å². The van der Waals surface area contributed by atoms with E-state index in [1.165, 1.54) is 6.07 Å². The molecule has 1 heterocycles. The molecule has 4 rings (SSSR count). The van der Waals surface area contributed by atoms with Gasteiger partial charge in [-0.3, -0.25) is 0 Å². The van der Waals surface area contributed by atoms with Gasteiger partial charge in [0.15, 0.2) is 0 Å². The van der Waals surface area contributed by atoms with E-state index in [4.69, 9.17) is 16.3 Å². The van der Waals surface area contributed by atoms with Gasteiger partial charge in [0.1, 0.15) is 11.5 Å². The van der Waals surface area contributed by atoms with E-state index in [2.05, 4.69) is 10.6 Å². The van der Waals surface area contributed by atoms with Crippen LogP contribution in [0.2, 0.25) is 5.02 Å². The first-order valence-electron chi connectivity index (χ1n) is 10.7. The van der Waals surface area contributed by atoms with E-state index in [9.17, 15) is 18.0 Å². The molecule has 34 heavy (non-hydrogen) atoms. The van der Waals surface area contributed by atoms with E-state index in [0.29, 0.717) is 22.1 Å². The molecule has 0 radical (unpaired) electrons. The summed E-state index contributed by atoms with van der Waals surface area (Å²) in [7, 11) is 1.77. The molecule has 2 amide bonds. The third-order valence-corrected chi connectivity index (χ3v) is 5.99. The Labute approximate surface area is 200 Å². The minimum atomic E-state index is -4.44. The van der Waals surface area contributed by atoms with Gasteiger partial charge in [-0.15, -0.1) is 0 Å². The Kier molecular flexibility index (Phi) is 7.00. The van der Waals surface area contributed by atoms with Gasteiger partial charge >= 0.3 is 12.2 Å². The van der Waals surface area contributed by atoms with E-state index >= 15 is 0 Å². The third-order valence-electron chi connectivity index (χ3n) is 5.74. The summed E-state index contributed by atoms with van der Waals surface area (Å²) in [6.07, 6.45) is -4.44. The lowest BCUT2D eigenvalue weighted by Crippen LogP contribution is -2.37. The second-order valence-corrected chi connectivity index (χ2v) is 8.38. The number of nitrogens with one attached hydrogen (secondary N) is 2. The van der Waals surface area contributed by atoms with Gasteiger partial charge in [-0.05, 0) is 66.7 Å². The monoisotopic (exact) mass is 489 g/mol. The van der Waals surface area contributed by atoms with Crippen molar-refractivity contribution in [1.82, 2.24) is 15.5 Å². The number of urea groups is 1. The lowest BCUT2D eigenvalue weighted by molar-refractivity contribution is -0.137. The molecule has 2 atom stereocenters. The van der Waals surface area contributed by atoms with Crippen LogP contribution < -0.4 is 15.4 Å². The zero-order chi connectivity index (χ0) is 24.3. The largest absolute Gasteiger partial charge is 0.457 e. The van der Waals surface area contributed by atoms with Gasteiger partial charge < -0.3 is 20.3 Å². The highest BCUT2D eigenvalue weighted by Gasteiger charge is 2.36. The number of alkyl halides is 3. The maximum absolute atomic E-state index is 13.2. The average Bonchev–Trinajstić information content (AvgIpc) is 3.19. The predicted octanol–water partition coefficient (Wildman–Crippen LogP) is 6.18. The molecular weight excluding hydrogens is 467 g/mol. The van der Waals surface area contributed by atoms with Crippen LogP contribution >= 0.6 is 11.6 Å². The predicted molar refractivity (Wildman–Crippen MR) is 124 cm³/mol. The Balaban J connectivity index is 1.49. The van der Waals surface area contributed by atoms with Crippen molar-refractivity contribution >= 4 is 17.6 Å². The Morgan fingerprint density at radius 2 is 1.74 bits per heavy atom. The lowest BCUT2D eigenvalue weighted by atomic mass is 10.0. The number of carbonyl (C=O) groups is 1. The molecule has 0 bridgehead atoms. The maximum Gasteiger partial charge on any atom is 0.416 e. The van der Waals surface area contributed by atoms with E-state index in [0.717, 1.165) is 17.7 Å². The summed E-state index contributed by atoms with van der Waals surface area (Å²) in [4.78, 5) is 14.1. The maximum atomic E-state index is 13.2. The van der Waals surface area contributed by atoms with Crippen molar-refractivity contribution in [1.29, 1.82) is 0 Å². The van der Waals surface area contributed by atoms with Gasteiger partial charge in [-0.2, -0.15) is 13.2 Å². The molecule has 0 aliphatic carbocycles. The van der Waals surface area contributed by atoms with Gasteiger partial charge in [0.05, 0.1) is 11.6 Å². The SMILES string of the molecule is CNC(CN1C(=O)NCC1c1cccc(C(F)(F)F)c1)c1ccc(Oc2ccc(Cl)cc2)cc1. The van der Waals surface area contributed by atoms with Crippen LogP contribution in [-0.2, 0) is 6.18 Å². The first-order chi connectivity index (χ1) is 16.2. The number of ether oxygens (including phenoxy) is 1. The Bertz CT molecular complexity index is 1140. The van der Waals surface area contributed by atoms with E-state index < -0.39 is 17.8 Å². The average molecular weight is 490 g/mol. The first-order valence-corrected chi connectivity index (χ1v) is 11.0. The van der Waals surface area contributed by atoms with Gasteiger partial charge in [-0.1, -0.05) is 35.9 Å². The summed E-state index contributed by atoms with van der Waals surface area (Å²) in [5.41, 5.74) is 0.619. The normalized spacial score (nSPS) is 16.9. The molecule has 3 aromatic carbocycles. The van der Waals surface area contributed by atoms with Gasteiger partial charge in [0, 0.05) is 24.2 Å². The minimum Gasteiger partial charge on any atom is -0.457 e. The number of likely N-dealkylation sites (N-methyl/N-ethyl adjacent to an activating group) is 1. The van der Waals surface area contributed by atoms with Crippen molar-refractivity contribution in [2.45, 2.75) is 18.3 Å². The van der Waals surface area contributed by atoms with Crippen LogP contribution in [0, 0.1) is 0 Å². The summed E-state index contributed by atoms with van der Waals surface area (Å²) in [6, 6.07) is 18.5. The number of benzene rings is 3.